The van der Waals surface area contributed by atoms with Gasteiger partial charge in [0, 0.05) is 10.6 Å². The molecule has 2 heterocycles. The summed E-state index contributed by atoms with van der Waals surface area (Å²) in [5.74, 6) is 0.571. The first-order valence-electron chi connectivity index (χ1n) is 14.0. The predicted molar refractivity (Wildman–Crippen MR) is 175 cm³/mol. The highest BCUT2D eigenvalue weighted by Crippen LogP contribution is 2.38. The maximum Gasteiger partial charge on any atom is 0.338 e. The van der Waals surface area contributed by atoms with Crippen LogP contribution in [-0.4, -0.2) is 24.3 Å². The molecular weight excluding hydrogens is 643 g/mol. The lowest BCUT2D eigenvalue weighted by atomic mass is 9.93. The van der Waals surface area contributed by atoms with Crippen LogP contribution in [0.5, 0.6) is 11.5 Å². The number of hydrogen-bond acceptors (Lipinski definition) is 7. The number of nitrogens with zero attached hydrogens (tertiary/aromatic N) is 2. The van der Waals surface area contributed by atoms with Gasteiger partial charge in [0.05, 0.1) is 39.6 Å². The number of rotatable bonds is 10. The molecule has 0 aliphatic carbocycles. The third-order valence-corrected chi connectivity index (χ3v) is 8.88. The fraction of sp³-hybridized carbons (Fsp3) is 0.242. The normalized spacial score (nSPS) is 14.7. The summed E-state index contributed by atoms with van der Waals surface area (Å²) < 4.78 is 19.1. The second kappa shape index (κ2) is 14.0. The molecule has 0 spiro atoms. The molecule has 1 aliphatic heterocycles. The van der Waals surface area contributed by atoms with Gasteiger partial charge in [0.15, 0.2) is 4.80 Å². The molecule has 228 valence electrons. The number of hydrogen-bond donors (Lipinski definition) is 0. The Bertz CT molecular complexity index is 1930. The molecular formula is C33H29Cl3N2O5S. The standard InChI is InChI=1S/C33H29Cl3N2O5S/c1-4-7-26-29(32(40)42-5-2)30(23-17-21(34)11-13-27(23)41-3)38-31(39)28(44-33(38)37-26)16-19-8-6-9-22(14-19)43-18-20-10-12-24(35)25(36)15-20/h6,8-17,30H,4-5,7,18H2,1-3H3/b28-16+/t30-/m1/s1. The number of thiazole rings is 1. The molecule has 0 bridgehead atoms. The lowest BCUT2D eigenvalue weighted by Gasteiger charge is -2.27. The predicted octanol–water partition coefficient (Wildman–Crippen LogP) is 7.13. The molecule has 4 aromatic rings. The molecule has 7 nitrogen and oxygen atoms in total. The second-order valence-electron chi connectivity index (χ2n) is 9.91. The minimum absolute atomic E-state index is 0.176. The zero-order chi connectivity index (χ0) is 31.4. The number of benzene rings is 3. The average Bonchev–Trinajstić information content (AvgIpc) is 3.31. The monoisotopic (exact) mass is 670 g/mol. The summed E-state index contributed by atoms with van der Waals surface area (Å²) in [7, 11) is 1.54. The van der Waals surface area contributed by atoms with Crippen molar-refractivity contribution in [1.82, 2.24) is 4.57 Å². The van der Waals surface area contributed by atoms with Crippen molar-refractivity contribution in [2.24, 2.45) is 4.99 Å². The first kappa shape index (κ1) is 31.9. The second-order valence-corrected chi connectivity index (χ2v) is 12.2. The van der Waals surface area contributed by atoms with Crippen LogP contribution in [-0.2, 0) is 16.1 Å². The van der Waals surface area contributed by atoms with Crippen molar-refractivity contribution >= 4 is 58.2 Å². The molecule has 0 amide bonds. The maximum atomic E-state index is 14.1. The van der Waals surface area contributed by atoms with Gasteiger partial charge in [-0.1, -0.05) is 77.7 Å². The van der Waals surface area contributed by atoms with Gasteiger partial charge in [-0.3, -0.25) is 9.36 Å². The van der Waals surface area contributed by atoms with Gasteiger partial charge >= 0.3 is 5.97 Å². The van der Waals surface area contributed by atoms with Crippen LogP contribution in [0.1, 0.15) is 49.4 Å². The van der Waals surface area contributed by atoms with Crippen LogP contribution in [0.2, 0.25) is 15.1 Å². The zero-order valence-electron chi connectivity index (χ0n) is 24.2. The van der Waals surface area contributed by atoms with Crippen LogP contribution in [0.4, 0.5) is 0 Å². The van der Waals surface area contributed by atoms with Gasteiger partial charge < -0.3 is 14.2 Å². The van der Waals surface area contributed by atoms with E-state index >= 15 is 0 Å². The van der Waals surface area contributed by atoms with Gasteiger partial charge in [-0.15, -0.1) is 0 Å². The van der Waals surface area contributed by atoms with E-state index in [0.717, 1.165) is 17.5 Å². The van der Waals surface area contributed by atoms with Crippen LogP contribution >= 0.6 is 46.1 Å². The summed E-state index contributed by atoms with van der Waals surface area (Å²) in [6.45, 7) is 4.21. The Morgan fingerprint density at radius 3 is 2.59 bits per heavy atom. The number of esters is 1. The molecule has 1 aliphatic rings. The summed E-state index contributed by atoms with van der Waals surface area (Å²) in [5.41, 5.74) is 2.76. The number of aromatic nitrogens is 1. The molecule has 0 unspecified atom stereocenters. The number of fused-ring (bicyclic) bond motifs is 1. The number of allylic oxidation sites excluding steroid dienone is 1. The third kappa shape index (κ3) is 6.74. The van der Waals surface area contributed by atoms with E-state index < -0.39 is 12.0 Å². The SMILES string of the molecule is CCCC1=C(C(=O)OCC)[C@@H](c2cc(Cl)ccc2OC)n2c(s/c(=C/c3cccc(OCc4ccc(Cl)c(Cl)c4)c3)c2=O)=N1. The summed E-state index contributed by atoms with van der Waals surface area (Å²) >= 11 is 19.8. The molecule has 0 saturated heterocycles. The Balaban J connectivity index is 1.61. The van der Waals surface area contributed by atoms with E-state index in [1.807, 2.05) is 37.3 Å². The van der Waals surface area contributed by atoms with Gasteiger partial charge in [0.2, 0.25) is 0 Å². The summed E-state index contributed by atoms with van der Waals surface area (Å²) in [6, 6.07) is 17.0. The Labute approximate surface area is 273 Å². The Hall–Kier alpha value is -3.56. The molecule has 0 N–H and O–H groups in total. The Kier molecular flexibility index (Phi) is 10.2. The lowest BCUT2D eigenvalue weighted by Crippen LogP contribution is -2.40. The minimum Gasteiger partial charge on any atom is -0.496 e. The molecule has 1 aromatic heterocycles. The summed E-state index contributed by atoms with van der Waals surface area (Å²) in [6.07, 6.45) is 3.05. The van der Waals surface area contributed by atoms with Crippen LogP contribution in [0.25, 0.3) is 6.08 Å². The van der Waals surface area contributed by atoms with Crippen LogP contribution in [0.15, 0.2) is 81.7 Å². The van der Waals surface area contributed by atoms with E-state index in [1.165, 1.54) is 23.0 Å². The fourth-order valence-electron chi connectivity index (χ4n) is 4.98. The number of ether oxygens (including phenoxy) is 3. The Morgan fingerprint density at radius 1 is 1.05 bits per heavy atom. The number of carbonyl (C=O) groups is 1. The average molecular weight is 672 g/mol. The molecule has 11 heteroatoms. The molecule has 0 fully saturated rings. The zero-order valence-corrected chi connectivity index (χ0v) is 27.3. The highest BCUT2D eigenvalue weighted by molar-refractivity contribution is 7.07. The molecule has 5 rings (SSSR count). The van der Waals surface area contributed by atoms with E-state index in [4.69, 9.17) is 54.0 Å². The van der Waals surface area contributed by atoms with Crippen molar-refractivity contribution in [3.05, 3.63) is 123 Å². The lowest BCUT2D eigenvalue weighted by molar-refractivity contribution is -0.139. The smallest absolute Gasteiger partial charge is 0.338 e. The van der Waals surface area contributed by atoms with Crippen molar-refractivity contribution in [2.75, 3.05) is 13.7 Å². The third-order valence-electron chi connectivity index (χ3n) is 6.92. The van der Waals surface area contributed by atoms with Crippen molar-refractivity contribution in [3.8, 4) is 11.5 Å². The largest absolute Gasteiger partial charge is 0.496 e. The highest BCUT2D eigenvalue weighted by Gasteiger charge is 2.36. The van der Waals surface area contributed by atoms with Crippen LogP contribution in [0, 0.1) is 0 Å². The van der Waals surface area contributed by atoms with Crippen molar-refractivity contribution in [2.45, 2.75) is 39.3 Å². The van der Waals surface area contributed by atoms with Gasteiger partial charge in [-0.2, -0.15) is 0 Å². The topological polar surface area (TPSA) is 79.1 Å². The van der Waals surface area contributed by atoms with Crippen molar-refractivity contribution in [1.29, 1.82) is 0 Å². The quantitative estimate of drug-likeness (QED) is 0.168. The van der Waals surface area contributed by atoms with E-state index in [-0.39, 0.29) is 12.2 Å². The Morgan fingerprint density at radius 2 is 1.86 bits per heavy atom. The number of methoxy groups -OCH3 is 1. The van der Waals surface area contributed by atoms with Crippen molar-refractivity contribution in [3.63, 3.8) is 0 Å². The van der Waals surface area contributed by atoms with E-state index in [2.05, 4.69) is 0 Å². The van der Waals surface area contributed by atoms with E-state index in [0.29, 0.717) is 65.8 Å². The summed E-state index contributed by atoms with van der Waals surface area (Å²) in [4.78, 5) is 32.8. The van der Waals surface area contributed by atoms with Gasteiger partial charge in [0.25, 0.3) is 5.56 Å². The number of halogens is 3. The molecule has 1 atom stereocenters. The van der Waals surface area contributed by atoms with Gasteiger partial charge in [-0.05, 0) is 73.0 Å². The van der Waals surface area contributed by atoms with E-state index in [1.54, 1.807) is 43.3 Å². The van der Waals surface area contributed by atoms with Gasteiger partial charge in [0.1, 0.15) is 24.1 Å². The maximum absolute atomic E-state index is 14.1. The first-order valence-corrected chi connectivity index (χ1v) is 15.9. The highest BCUT2D eigenvalue weighted by atomic mass is 35.5. The summed E-state index contributed by atoms with van der Waals surface area (Å²) in [5, 5.41) is 1.38. The fourth-order valence-corrected chi connectivity index (χ4v) is 6.50. The van der Waals surface area contributed by atoms with Crippen LogP contribution in [0.3, 0.4) is 0 Å². The van der Waals surface area contributed by atoms with E-state index in [9.17, 15) is 9.59 Å². The van der Waals surface area contributed by atoms with Crippen molar-refractivity contribution < 1.29 is 19.0 Å². The van der Waals surface area contributed by atoms with Crippen LogP contribution < -0.4 is 24.4 Å². The molecule has 0 saturated carbocycles. The molecule has 0 radical (unpaired) electrons. The number of carbonyl (C=O) groups excluding carboxylic acids is 1. The molecule has 44 heavy (non-hydrogen) atoms. The van der Waals surface area contributed by atoms with Gasteiger partial charge in [-0.25, -0.2) is 9.79 Å². The first-order chi connectivity index (χ1) is 21.2. The molecule has 3 aromatic carbocycles. The minimum atomic E-state index is -0.844.